The molecule has 0 spiro atoms. The van der Waals surface area contributed by atoms with Crippen LogP contribution >= 0.6 is 0 Å². The number of rotatable bonds is 2. The quantitative estimate of drug-likeness (QED) is 0.602. The standard InChI is InChI=1S/C9H7O.3CH3.Sn/c1-2-8-10-9-6-4-3-5-7-9;;;;/h3-7H,8H2;3*1H3;. The second-order valence-corrected chi connectivity index (χ2v) is 17.7. The molecule has 0 aliphatic heterocycles. The Morgan fingerprint density at radius 3 is 2.36 bits per heavy atom. The van der Waals surface area contributed by atoms with Gasteiger partial charge in [-0.05, 0) is 0 Å². The van der Waals surface area contributed by atoms with Gasteiger partial charge in [-0.2, -0.15) is 0 Å². The van der Waals surface area contributed by atoms with Crippen LogP contribution in [-0.4, -0.2) is 25.0 Å². The third-order valence-electron chi connectivity index (χ3n) is 1.52. The van der Waals surface area contributed by atoms with Crippen LogP contribution in [0.1, 0.15) is 0 Å². The predicted molar refractivity (Wildman–Crippen MR) is 63.1 cm³/mol. The number of hydrogen-bond acceptors (Lipinski definition) is 1. The van der Waals surface area contributed by atoms with E-state index in [1.807, 2.05) is 30.3 Å². The first kappa shape index (κ1) is 11.5. The van der Waals surface area contributed by atoms with Crippen LogP contribution in [0.2, 0.25) is 14.8 Å². The minimum atomic E-state index is -1.90. The molecule has 0 heterocycles. The maximum absolute atomic E-state index is 5.46. The summed E-state index contributed by atoms with van der Waals surface area (Å²) in [6, 6.07) is 9.80. The summed E-state index contributed by atoms with van der Waals surface area (Å²) in [5, 5.41) is 0. The van der Waals surface area contributed by atoms with Gasteiger partial charge in [0.25, 0.3) is 0 Å². The minimum absolute atomic E-state index is 0.512. The molecule has 0 saturated carbocycles. The van der Waals surface area contributed by atoms with E-state index in [0.717, 1.165) is 5.75 Å². The summed E-state index contributed by atoms with van der Waals surface area (Å²) < 4.78 is 8.79. The molecule has 0 N–H and O–H groups in total. The first-order valence-electron chi connectivity index (χ1n) is 4.76. The Labute approximate surface area is 90.4 Å². The summed E-state index contributed by atoms with van der Waals surface area (Å²) in [6.07, 6.45) is 0. The van der Waals surface area contributed by atoms with Gasteiger partial charge in [-0.25, -0.2) is 0 Å². The Morgan fingerprint density at radius 2 is 1.79 bits per heavy atom. The van der Waals surface area contributed by atoms with Gasteiger partial charge in [0.15, 0.2) is 0 Å². The fraction of sp³-hybridized carbons (Fsp3) is 0.333. The van der Waals surface area contributed by atoms with E-state index in [4.69, 9.17) is 4.74 Å². The van der Waals surface area contributed by atoms with Gasteiger partial charge in [-0.3, -0.25) is 0 Å². The summed E-state index contributed by atoms with van der Waals surface area (Å²) in [7, 11) is 0. The van der Waals surface area contributed by atoms with Crippen molar-refractivity contribution in [2.75, 3.05) is 6.61 Å². The van der Waals surface area contributed by atoms with Crippen LogP contribution < -0.4 is 4.74 Å². The number of hydrogen-bond donors (Lipinski definition) is 0. The molecule has 74 valence electrons. The molecular formula is C12H16OSn. The molecular weight excluding hydrogens is 279 g/mol. The molecule has 2 heteroatoms. The van der Waals surface area contributed by atoms with Gasteiger partial charge in [-0.1, -0.05) is 0 Å². The Kier molecular flexibility index (Phi) is 4.34. The number of para-hydroxylation sites is 1. The molecule has 0 amide bonds. The van der Waals surface area contributed by atoms with E-state index in [0.29, 0.717) is 6.61 Å². The Bertz CT molecular complexity index is 327. The summed E-state index contributed by atoms with van der Waals surface area (Å²) in [5.41, 5.74) is 0. The molecule has 0 fully saturated rings. The molecule has 0 bridgehead atoms. The first-order chi connectivity index (χ1) is 6.58. The SMILES string of the molecule is [CH3][Sn]([CH3])([CH3])[C]#CCOc1ccccc1. The third-order valence-corrected chi connectivity index (χ3v) is 4.16. The molecule has 0 atom stereocenters. The van der Waals surface area contributed by atoms with Crippen molar-refractivity contribution in [2.45, 2.75) is 14.8 Å². The van der Waals surface area contributed by atoms with Crippen LogP contribution in [0.3, 0.4) is 0 Å². The predicted octanol–water partition coefficient (Wildman–Crippen LogP) is 2.95. The zero-order chi connectivity index (χ0) is 10.4. The van der Waals surface area contributed by atoms with Crippen molar-refractivity contribution in [3.05, 3.63) is 30.3 Å². The van der Waals surface area contributed by atoms with Gasteiger partial charge < -0.3 is 0 Å². The molecule has 0 aromatic heterocycles. The van der Waals surface area contributed by atoms with Gasteiger partial charge in [0.1, 0.15) is 0 Å². The third kappa shape index (κ3) is 5.18. The van der Waals surface area contributed by atoms with Gasteiger partial charge in [-0.15, -0.1) is 0 Å². The molecule has 1 nitrogen and oxygen atoms in total. The Morgan fingerprint density at radius 1 is 1.14 bits per heavy atom. The van der Waals surface area contributed by atoms with Crippen LogP contribution in [-0.2, 0) is 0 Å². The summed E-state index contributed by atoms with van der Waals surface area (Å²) in [5.74, 6) is 3.99. The molecule has 0 radical (unpaired) electrons. The van der Waals surface area contributed by atoms with Crippen LogP contribution in [0.5, 0.6) is 5.75 Å². The second-order valence-electron chi connectivity index (χ2n) is 4.15. The van der Waals surface area contributed by atoms with E-state index in [2.05, 4.69) is 24.7 Å². The second kappa shape index (κ2) is 5.31. The number of benzene rings is 1. The fourth-order valence-corrected chi connectivity index (χ4v) is 2.66. The van der Waals surface area contributed by atoms with Crippen LogP contribution in [0.4, 0.5) is 0 Å². The molecule has 0 saturated heterocycles. The van der Waals surface area contributed by atoms with Crippen molar-refractivity contribution in [3.8, 4) is 15.6 Å². The topological polar surface area (TPSA) is 9.23 Å². The van der Waals surface area contributed by atoms with Gasteiger partial charge in [0.2, 0.25) is 0 Å². The van der Waals surface area contributed by atoms with Crippen molar-refractivity contribution < 1.29 is 4.74 Å². The zero-order valence-corrected chi connectivity index (χ0v) is 11.9. The van der Waals surface area contributed by atoms with E-state index >= 15 is 0 Å². The van der Waals surface area contributed by atoms with E-state index in [1.165, 1.54) is 0 Å². The molecule has 1 aromatic carbocycles. The normalized spacial score (nSPS) is 10.2. The molecule has 0 unspecified atom stereocenters. The molecule has 14 heavy (non-hydrogen) atoms. The molecule has 0 aliphatic rings. The average molecular weight is 295 g/mol. The summed E-state index contributed by atoms with van der Waals surface area (Å²) >= 11 is -1.90. The van der Waals surface area contributed by atoms with E-state index in [1.54, 1.807) is 0 Å². The Hall–Kier alpha value is -0.621. The van der Waals surface area contributed by atoms with E-state index in [9.17, 15) is 0 Å². The molecule has 1 rings (SSSR count). The van der Waals surface area contributed by atoms with Crippen molar-refractivity contribution in [1.29, 1.82) is 0 Å². The van der Waals surface area contributed by atoms with Crippen LogP contribution in [0.15, 0.2) is 30.3 Å². The van der Waals surface area contributed by atoms with Crippen molar-refractivity contribution >= 4 is 18.4 Å². The Balaban J connectivity index is 2.39. The fourth-order valence-electron chi connectivity index (χ4n) is 0.937. The van der Waals surface area contributed by atoms with Crippen LogP contribution in [0.25, 0.3) is 0 Å². The zero-order valence-electron chi connectivity index (χ0n) is 9.00. The van der Waals surface area contributed by atoms with Gasteiger partial charge in [0, 0.05) is 0 Å². The maximum atomic E-state index is 5.46. The number of ether oxygens (including phenoxy) is 1. The van der Waals surface area contributed by atoms with Crippen molar-refractivity contribution in [3.63, 3.8) is 0 Å². The van der Waals surface area contributed by atoms with Gasteiger partial charge in [0.05, 0.1) is 0 Å². The monoisotopic (exact) mass is 296 g/mol. The van der Waals surface area contributed by atoms with Crippen molar-refractivity contribution in [1.82, 2.24) is 0 Å². The van der Waals surface area contributed by atoms with Gasteiger partial charge >= 0.3 is 90.5 Å². The summed E-state index contributed by atoms with van der Waals surface area (Å²) in [6.45, 7) is 0.512. The average Bonchev–Trinajstić information content (AvgIpc) is 2.13. The summed E-state index contributed by atoms with van der Waals surface area (Å²) in [4.78, 5) is 6.89. The molecule has 0 aliphatic carbocycles. The van der Waals surface area contributed by atoms with Crippen molar-refractivity contribution in [2.24, 2.45) is 0 Å². The van der Waals surface area contributed by atoms with E-state index < -0.39 is 18.4 Å². The first-order valence-corrected chi connectivity index (χ1v) is 14.7. The van der Waals surface area contributed by atoms with Crippen LogP contribution in [0, 0.1) is 9.86 Å². The molecule has 1 aromatic rings. The van der Waals surface area contributed by atoms with E-state index in [-0.39, 0.29) is 0 Å².